The number of ether oxygens (including phenoxy) is 1. The molecule has 1 N–H and O–H groups in total. The van der Waals surface area contributed by atoms with Gasteiger partial charge in [0.15, 0.2) is 0 Å². The number of nitrogens with one attached hydrogen (secondary N) is 1. The third-order valence-corrected chi connectivity index (χ3v) is 4.52. The van der Waals surface area contributed by atoms with Crippen LogP contribution >= 0.6 is 0 Å². The molecule has 1 saturated heterocycles. The predicted molar refractivity (Wildman–Crippen MR) is 82.1 cm³/mol. The van der Waals surface area contributed by atoms with Gasteiger partial charge in [0, 0.05) is 43.7 Å². The van der Waals surface area contributed by atoms with E-state index in [0.717, 1.165) is 44.6 Å². The highest BCUT2D eigenvalue weighted by Gasteiger charge is 2.38. The zero-order valence-corrected chi connectivity index (χ0v) is 13.0. The first-order chi connectivity index (χ1) is 10.6. The molecule has 118 valence electrons. The molecule has 0 spiro atoms. The van der Waals surface area contributed by atoms with E-state index >= 15 is 0 Å². The minimum atomic E-state index is -0.369. The molecular weight excluding hydrogens is 281 g/mol. The summed E-state index contributed by atoms with van der Waals surface area (Å²) >= 11 is 0. The minimum absolute atomic E-state index is 0.230. The molecule has 1 aliphatic heterocycles. The summed E-state index contributed by atoms with van der Waals surface area (Å²) in [4.78, 5) is 2.26. The van der Waals surface area contributed by atoms with Crippen LogP contribution in [0.25, 0.3) is 0 Å². The lowest BCUT2D eigenvalue weighted by atomic mass is 10.1. The van der Waals surface area contributed by atoms with Crippen LogP contribution in [0.2, 0.25) is 0 Å². The fourth-order valence-electron chi connectivity index (χ4n) is 2.74. The number of nitrogens with zero attached hydrogens (tertiary/aromatic N) is 2. The van der Waals surface area contributed by atoms with Crippen LogP contribution in [0.4, 0.5) is 4.39 Å². The number of benzene rings is 1. The zero-order valence-electron chi connectivity index (χ0n) is 13.0. The van der Waals surface area contributed by atoms with Gasteiger partial charge in [-0.3, -0.25) is 4.90 Å². The van der Waals surface area contributed by atoms with Crippen LogP contribution in [0.15, 0.2) is 12.1 Å². The first-order valence-electron chi connectivity index (χ1n) is 7.88. The Morgan fingerprint density at radius 1 is 1.36 bits per heavy atom. The second-order valence-electron chi connectivity index (χ2n) is 6.68. The topological polar surface area (TPSA) is 48.3 Å². The summed E-state index contributed by atoms with van der Waals surface area (Å²) in [6.07, 6.45) is 2.31. The van der Waals surface area contributed by atoms with Crippen LogP contribution in [0, 0.1) is 22.6 Å². The van der Waals surface area contributed by atoms with E-state index in [9.17, 15) is 9.65 Å². The number of piperazine rings is 1. The Kier molecular flexibility index (Phi) is 4.32. The van der Waals surface area contributed by atoms with Gasteiger partial charge < -0.3 is 10.1 Å². The summed E-state index contributed by atoms with van der Waals surface area (Å²) in [6.45, 7) is 7.13. The van der Waals surface area contributed by atoms with Crippen LogP contribution < -0.4 is 10.1 Å². The fourth-order valence-corrected chi connectivity index (χ4v) is 2.74. The Bertz CT molecular complexity index is 586. The second kappa shape index (κ2) is 6.23. The Morgan fingerprint density at radius 3 is 2.73 bits per heavy atom. The van der Waals surface area contributed by atoms with E-state index in [4.69, 9.17) is 4.74 Å². The van der Waals surface area contributed by atoms with Crippen molar-refractivity contribution in [2.45, 2.75) is 26.3 Å². The van der Waals surface area contributed by atoms with Crippen molar-refractivity contribution in [3.8, 4) is 11.8 Å². The van der Waals surface area contributed by atoms with Gasteiger partial charge in [-0.1, -0.05) is 6.92 Å². The van der Waals surface area contributed by atoms with E-state index in [1.54, 1.807) is 0 Å². The smallest absolute Gasteiger partial charge is 0.141 e. The van der Waals surface area contributed by atoms with Crippen LogP contribution in [0.5, 0.6) is 5.75 Å². The average Bonchev–Trinajstić information content (AvgIpc) is 3.24. The third kappa shape index (κ3) is 3.57. The molecule has 2 fully saturated rings. The second-order valence-corrected chi connectivity index (χ2v) is 6.68. The molecule has 1 aromatic carbocycles. The summed E-state index contributed by atoms with van der Waals surface area (Å²) in [5.74, 6) is 0.197. The maximum atomic E-state index is 13.8. The maximum absolute atomic E-state index is 13.8. The molecule has 4 nitrogen and oxygen atoms in total. The number of halogens is 1. The lowest BCUT2D eigenvalue weighted by Crippen LogP contribution is -2.43. The summed E-state index contributed by atoms with van der Waals surface area (Å²) in [6, 6.07) is 4.85. The zero-order chi connectivity index (χ0) is 15.6. The highest BCUT2D eigenvalue weighted by molar-refractivity contribution is 5.49. The molecule has 1 saturated carbocycles. The first kappa shape index (κ1) is 15.3. The van der Waals surface area contributed by atoms with Crippen molar-refractivity contribution in [3.05, 3.63) is 29.1 Å². The van der Waals surface area contributed by atoms with Gasteiger partial charge in [-0.15, -0.1) is 0 Å². The van der Waals surface area contributed by atoms with Crippen molar-refractivity contribution in [1.29, 1.82) is 5.26 Å². The van der Waals surface area contributed by atoms with Crippen molar-refractivity contribution < 1.29 is 9.13 Å². The van der Waals surface area contributed by atoms with Gasteiger partial charge in [0.05, 0.1) is 12.2 Å². The van der Waals surface area contributed by atoms with Gasteiger partial charge in [0.2, 0.25) is 0 Å². The molecule has 0 atom stereocenters. The van der Waals surface area contributed by atoms with Crippen molar-refractivity contribution in [2.24, 2.45) is 5.41 Å². The van der Waals surface area contributed by atoms with Gasteiger partial charge in [-0.05, 0) is 25.0 Å². The molecule has 0 aromatic heterocycles. The molecule has 0 radical (unpaired) electrons. The standard InChI is InChI=1S/C17H22FN3O/c1-17(2-3-17)12-22-16-13(10-19)8-15(18)9-14(16)11-21-6-4-20-5-7-21/h8-9,20H,2-7,11-12H2,1H3. The SMILES string of the molecule is CC1(COc2c(C#N)cc(F)cc2CN2CCNCC2)CC1. The summed E-state index contributed by atoms with van der Waals surface area (Å²) in [5, 5.41) is 12.6. The monoisotopic (exact) mass is 303 g/mol. The van der Waals surface area contributed by atoms with Crippen LogP contribution in [-0.2, 0) is 6.54 Å². The fraction of sp³-hybridized carbons (Fsp3) is 0.588. The molecule has 0 bridgehead atoms. The summed E-state index contributed by atoms with van der Waals surface area (Å²) in [5.41, 5.74) is 1.31. The Labute approximate surface area is 130 Å². The first-order valence-corrected chi connectivity index (χ1v) is 7.88. The Hall–Kier alpha value is -1.64. The maximum Gasteiger partial charge on any atom is 0.141 e. The highest BCUT2D eigenvalue weighted by Crippen LogP contribution is 2.45. The lowest BCUT2D eigenvalue weighted by molar-refractivity contribution is 0.217. The molecule has 0 unspecified atom stereocenters. The van der Waals surface area contributed by atoms with E-state index in [0.29, 0.717) is 24.5 Å². The van der Waals surface area contributed by atoms with Gasteiger partial charge in [-0.2, -0.15) is 5.26 Å². The molecule has 5 heteroatoms. The molecule has 3 rings (SSSR count). The quantitative estimate of drug-likeness (QED) is 0.906. The summed E-state index contributed by atoms with van der Waals surface area (Å²) in [7, 11) is 0. The van der Waals surface area contributed by atoms with E-state index in [2.05, 4.69) is 23.2 Å². The van der Waals surface area contributed by atoms with E-state index in [-0.39, 0.29) is 11.2 Å². The molecule has 2 aliphatic rings. The normalized spacial score (nSPS) is 20.4. The third-order valence-electron chi connectivity index (χ3n) is 4.52. The Morgan fingerprint density at radius 2 is 2.09 bits per heavy atom. The van der Waals surface area contributed by atoms with Crippen LogP contribution in [-0.4, -0.2) is 37.7 Å². The van der Waals surface area contributed by atoms with Crippen molar-refractivity contribution in [1.82, 2.24) is 10.2 Å². The number of hydrogen-bond acceptors (Lipinski definition) is 4. The molecular formula is C17H22FN3O. The minimum Gasteiger partial charge on any atom is -0.491 e. The van der Waals surface area contributed by atoms with E-state index < -0.39 is 0 Å². The van der Waals surface area contributed by atoms with Gasteiger partial charge in [0.1, 0.15) is 17.6 Å². The van der Waals surface area contributed by atoms with E-state index in [1.165, 1.54) is 12.1 Å². The lowest BCUT2D eigenvalue weighted by Gasteiger charge is -2.28. The highest BCUT2D eigenvalue weighted by atomic mass is 19.1. The number of hydrogen-bond donors (Lipinski definition) is 1. The van der Waals surface area contributed by atoms with Gasteiger partial charge in [-0.25, -0.2) is 4.39 Å². The number of rotatable bonds is 5. The van der Waals surface area contributed by atoms with Gasteiger partial charge >= 0.3 is 0 Å². The van der Waals surface area contributed by atoms with Crippen LogP contribution in [0.1, 0.15) is 30.9 Å². The van der Waals surface area contributed by atoms with Crippen molar-refractivity contribution >= 4 is 0 Å². The number of nitriles is 1. The Balaban J connectivity index is 1.81. The molecule has 0 amide bonds. The molecule has 1 heterocycles. The largest absolute Gasteiger partial charge is 0.491 e. The van der Waals surface area contributed by atoms with Crippen molar-refractivity contribution in [3.63, 3.8) is 0 Å². The van der Waals surface area contributed by atoms with E-state index in [1.807, 2.05) is 0 Å². The molecule has 1 aromatic rings. The molecule has 1 aliphatic carbocycles. The van der Waals surface area contributed by atoms with Crippen LogP contribution in [0.3, 0.4) is 0 Å². The predicted octanol–water partition coefficient (Wildman–Crippen LogP) is 2.28. The summed E-state index contributed by atoms with van der Waals surface area (Å²) < 4.78 is 19.7. The average molecular weight is 303 g/mol. The van der Waals surface area contributed by atoms with Gasteiger partial charge in [0.25, 0.3) is 0 Å². The molecule has 22 heavy (non-hydrogen) atoms. The van der Waals surface area contributed by atoms with Crippen molar-refractivity contribution in [2.75, 3.05) is 32.8 Å².